The molecule has 0 atom stereocenters. The number of benzene rings is 5. The molecule has 0 heterocycles. The predicted molar refractivity (Wildman–Crippen MR) is 139 cm³/mol. The maximum Gasteiger partial charge on any atom is 0.0419 e. The van der Waals surface area contributed by atoms with Gasteiger partial charge in [0.2, 0.25) is 0 Å². The summed E-state index contributed by atoms with van der Waals surface area (Å²) < 4.78 is 0. The average Bonchev–Trinajstić information content (AvgIpc) is 2.85. The predicted octanol–water partition coefficient (Wildman–Crippen LogP) is 8.72. The van der Waals surface area contributed by atoms with E-state index >= 15 is 0 Å². The van der Waals surface area contributed by atoms with E-state index in [1.807, 2.05) is 0 Å². The van der Waals surface area contributed by atoms with Gasteiger partial charge in [-0.3, -0.25) is 0 Å². The van der Waals surface area contributed by atoms with Crippen molar-refractivity contribution in [2.24, 2.45) is 0 Å². The Balaban J connectivity index is 1.54. The molecule has 5 rings (SSSR count). The highest BCUT2D eigenvalue weighted by Crippen LogP contribution is 2.35. The van der Waals surface area contributed by atoms with Gasteiger partial charge in [-0.1, -0.05) is 97.1 Å². The summed E-state index contributed by atoms with van der Waals surface area (Å²) in [4.78, 5) is 2.41. The van der Waals surface area contributed by atoms with Crippen LogP contribution in [0.15, 0.2) is 121 Å². The molecule has 0 radical (unpaired) electrons. The van der Waals surface area contributed by atoms with Gasteiger partial charge in [0.25, 0.3) is 0 Å². The lowest BCUT2D eigenvalue weighted by Crippen LogP contribution is -2.25. The largest absolute Gasteiger partial charge is 0.339 e. The second-order valence-corrected chi connectivity index (χ2v) is 8.45. The maximum absolute atomic E-state index is 2.41. The van der Waals surface area contributed by atoms with Crippen molar-refractivity contribution in [1.82, 2.24) is 0 Å². The minimum atomic E-state index is 0.334. The molecule has 0 saturated heterocycles. The summed E-state index contributed by atoms with van der Waals surface area (Å²) in [6.45, 7) is 4.49. The SMILES string of the molecule is CC(C)N(c1ccc(-c2ccccc2)cc1)c1cccc(-c2cccc3ccccc23)c1. The van der Waals surface area contributed by atoms with Crippen molar-refractivity contribution in [3.05, 3.63) is 121 Å². The lowest BCUT2D eigenvalue weighted by Gasteiger charge is -2.30. The first-order valence-corrected chi connectivity index (χ1v) is 11.2. The molecule has 0 aliphatic rings. The van der Waals surface area contributed by atoms with Crippen LogP contribution in [0.4, 0.5) is 11.4 Å². The quantitative estimate of drug-likeness (QED) is 0.278. The number of fused-ring (bicyclic) bond motifs is 1. The third-order valence-electron chi connectivity index (χ3n) is 5.99. The zero-order valence-corrected chi connectivity index (χ0v) is 18.6. The molecule has 1 heteroatoms. The van der Waals surface area contributed by atoms with Crippen molar-refractivity contribution in [3.63, 3.8) is 0 Å². The van der Waals surface area contributed by atoms with Gasteiger partial charge in [-0.25, -0.2) is 0 Å². The molecule has 32 heavy (non-hydrogen) atoms. The van der Waals surface area contributed by atoms with Crippen LogP contribution in [0.5, 0.6) is 0 Å². The van der Waals surface area contributed by atoms with Crippen molar-refractivity contribution in [2.45, 2.75) is 19.9 Å². The molecule has 0 spiro atoms. The van der Waals surface area contributed by atoms with Crippen LogP contribution in [0.2, 0.25) is 0 Å². The standard InChI is InChI=1S/C31H27N/c1-23(2)32(28-20-18-25(19-21-28)24-10-4-3-5-11-24)29-15-8-14-27(22-29)31-17-9-13-26-12-6-7-16-30(26)31/h3-23H,1-2H3. The molecule has 1 nitrogen and oxygen atoms in total. The summed E-state index contributed by atoms with van der Waals surface area (Å²) in [7, 11) is 0. The molecule has 0 unspecified atom stereocenters. The van der Waals surface area contributed by atoms with E-state index < -0.39 is 0 Å². The van der Waals surface area contributed by atoms with E-state index in [9.17, 15) is 0 Å². The lowest BCUT2D eigenvalue weighted by molar-refractivity contribution is 0.789. The second-order valence-electron chi connectivity index (χ2n) is 8.45. The van der Waals surface area contributed by atoms with Crippen LogP contribution in [0, 0.1) is 0 Å². The Morgan fingerprint density at radius 3 is 1.91 bits per heavy atom. The van der Waals surface area contributed by atoms with E-state index in [0.717, 1.165) is 0 Å². The summed E-state index contributed by atoms with van der Waals surface area (Å²) >= 11 is 0. The Labute approximate surface area is 190 Å². The molecule has 5 aromatic rings. The Bertz CT molecular complexity index is 1330. The van der Waals surface area contributed by atoms with E-state index in [2.05, 4.69) is 140 Å². The van der Waals surface area contributed by atoms with Gasteiger partial charge in [0, 0.05) is 17.4 Å². The third kappa shape index (κ3) is 3.90. The fourth-order valence-electron chi connectivity index (χ4n) is 4.49. The normalized spacial score (nSPS) is 11.1. The number of nitrogens with zero attached hydrogens (tertiary/aromatic N) is 1. The highest BCUT2D eigenvalue weighted by Gasteiger charge is 2.15. The van der Waals surface area contributed by atoms with Crippen LogP contribution >= 0.6 is 0 Å². The van der Waals surface area contributed by atoms with Crippen molar-refractivity contribution in [2.75, 3.05) is 4.90 Å². The Morgan fingerprint density at radius 1 is 0.500 bits per heavy atom. The molecule has 0 bridgehead atoms. The van der Waals surface area contributed by atoms with Crippen LogP contribution < -0.4 is 4.90 Å². The van der Waals surface area contributed by atoms with Crippen LogP contribution in [-0.2, 0) is 0 Å². The van der Waals surface area contributed by atoms with Gasteiger partial charge in [0.1, 0.15) is 0 Å². The molecule has 156 valence electrons. The first-order chi connectivity index (χ1) is 15.7. The maximum atomic E-state index is 2.41. The minimum absolute atomic E-state index is 0.334. The van der Waals surface area contributed by atoms with Crippen LogP contribution in [0.3, 0.4) is 0 Å². The Hall–Kier alpha value is -3.84. The van der Waals surface area contributed by atoms with Gasteiger partial charge in [0.05, 0.1) is 0 Å². The van der Waals surface area contributed by atoms with Gasteiger partial charge in [0.15, 0.2) is 0 Å². The molecular formula is C31H27N. The van der Waals surface area contributed by atoms with Gasteiger partial charge in [-0.05, 0) is 71.1 Å². The fourth-order valence-corrected chi connectivity index (χ4v) is 4.49. The van der Waals surface area contributed by atoms with Crippen LogP contribution in [0.25, 0.3) is 33.0 Å². The zero-order chi connectivity index (χ0) is 21.9. The van der Waals surface area contributed by atoms with Gasteiger partial charge in [-0.15, -0.1) is 0 Å². The first-order valence-electron chi connectivity index (χ1n) is 11.2. The highest BCUT2D eigenvalue weighted by atomic mass is 15.2. The first kappa shape index (κ1) is 20.1. The summed E-state index contributed by atoms with van der Waals surface area (Å²) in [5.74, 6) is 0. The summed E-state index contributed by atoms with van der Waals surface area (Å²) in [5.41, 5.74) is 7.40. The molecule has 0 fully saturated rings. The summed E-state index contributed by atoms with van der Waals surface area (Å²) in [6.07, 6.45) is 0. The van der Waals surface area contributed by atoms with E-state index in [1.165, 1.54) is 44.4 Å². The Morgan fingerprint density at radius 2 is 1.12 bits per heavy atom. The van der Waals surface area contributed by atoms with E-state index in [-0.39, 0.29) is 0 Å². The van der Waals surface area contributed by atoms with E-state index in [0.29, 0.717) is 6.04 Å². The molecule has 0 aromatic heterocycles. The molecule has 0 aliphatic carbocycles. The van der Waals surface area contributed by atoms with Crippen molar-refractivity contribution < 1.29 is 0 Å². The molecule has 0 N–H and O–H groups in total. The van der Waals surface area contributed by atoms with E-state index in [4.69, 9.17) is 0 Å². The van der Waals surface area contributed by atoms with Gasteiger partial charge < -0.3 is 4.90 Å². The average molecular weight is 414 g/mol. The molecular weight excluding hydrogens is 386 g/mol. The molecule has 0 amide bonds. The van der Waals surface area contributed by atoms with Crippen LogP contribution in [0.1, 0.15) is 13.8 Å². The van der Waals surface area contributed by atoms with Gasteiger partial charge >= 0.3 is 0 Å². The number of anilines is 2. The molecule has 0 aliphatic heterocycles. The summed E-state index contributed by atoms with van der Waals surface area (Å²) in [5, 5.41) is 2.56. The number of rotatable bonds is 5. The molecule has 5 aromatic carbocycles. The van der Waals surface area contributed by atoms with Gasteiger partial charge in [-0.2, -0.15) is 0 Å². The minimum Gasteiger partial charge on any atom is -0.339 e. The van der Waals surface area contributed by atoms with Crippen molar-refractivity contribution in [3.8, 4) is 22.3 Å². The zero-order valence-electron chi connectivity index (χ0n) is 18.6. The highest BCUT2D eigenvalue weighted by molar-refractivity contribution is 5.97. The topological polar surface area (TPSA) is 3.24 Å². The Kier molecular flexibility index (Phi) is 5.47. The lowest BCUT2D eigenvalue weighted by atomic mass is 9.97. The smallest absolute Gasteiger partial charge is 0.0419 e. The van der Waals surface area contributed by atoms with Crippen LogP contribution in [-0.4, -0.2) is 6.04 Å². The molecule has 0 saturated carbocycles. The third-order valence-corrected chi connectivity index (χ3v) is 5.99. The number of hydrogen-bond acceptors (Lipinski definition) is 1. The fraction of sp³-hybridized carbons (Fsp3) is 0.0968. The van der Waals surface area contributed by atoms with E-state index in [1.54, 1.807) is 0 Å². The number of hydrogen-bond donors (Lipinski definition) is 0. The monoisotopic (exact) mass is 413 g/mol. The second kappa shape index (κ2) is 8.72. The summed E-state index contributed by atoms with van der Waals surface area (Å²) in [6, 6.07) is 43.8. The van der Waals surface area contributed by atoms with Crippen molar-refractivity contribution in [1.29, 1.82) is 0 Å². The van der Waals surface area contributed by atoms with Crippen molar-refractivity contribution >= 4 is 22.1 Å².